The third-order valence-corrected chi connectivity index (χ3v) is 4.92. The van der Waals surface area contributed by atoms with E-state index >= 15 is 0 Å². The van der Waals surface area contributed by atoms with Gasteiger partial charge in [0.25, 0.3) is 5.91 Å². The number of nitrogens with zero attached hydrogens (tertiary/aromatic N) is 2. The molecule has 3 rings (SSSR count). The molecule has 0 bridgehead atoms. The molecule has 1 aliphatic heterocycles. The number of amides is 2. The molecule has 0 unspecified atom stereocenters. The van der Waals surface area contributed by atoms with Crippen LogP contribution in [-0.4, -0.2) is 40.8 Å². The van der Waals surface area contributed by atoms with Gasteiger partial charge in [-0.05, 0) is 24.6 Å². The highest BCUT2D eigenvalue weighted by molar-refractivity contribution is 6.32. The second kappa shape index (κ2) is 8.84. The first-order chi connectivity index (χ1) is 13.5. The third kappa shape index (κ3) is 4.67. The SMILES string of the molecule is C[C@H](c1ccccc1)N1C[C@@H](C(=O)OCC(=O)Nc2cccnc2Cl)CC1=O. The maximum atomic E-state index is 12.3. The zero-order chi connectivity index (χ0) is 20.1. The average molecular weight is 402 g/mol. The number of pyridine rings is 1. The molecule has 1 aliphatic rings. The second-order valence-electron chi connectivity index (χ2n) is 6.53. The molecule has 2 aromatic rings. The van der Waals surface area contributed by atoms with Gasteiger partial charge in [-0.2, -0.15) is 0 Å². The molecule has 7 nitrogen and oxygen atoms in total. The first-order valence-corrected chi connectivity index (χ1v) is 9.25. The summed E-state index contributed by atoms with van der Waals surface area (Å²) in [7, 11) is 0. The summed E-state index contributed by atoms with van der Waals surface area (Å²) in [5.41, 5.74) is 1.33. The van der Waals surface area contributed by atoms with Crippen LogP contribution < -0.4 is 5.32 Å². The number of likely N-dealkylation sites (tertiary alicyclic amines) is 1. The van der Waals surface area contributed by atoms with E-state index in [4.69, 9.17) is 16.3 Å². The van der Waals surface area contributed by atoms with E-state index in [9.17, 15) is 14.4 Å². The predicted molar refractivity (Wildman–Crippen MR) is 104 cm³/mol. The van der Waals surface area contributed by atoms with Gasteiger partial charge >= 0.3 is 5.97 Å². The van der Waals surface area contributed by atoms with E-state index in [0.717, 1.165) is 5.56 Å². The number of carbonyl (C=O) groups is 3. The quantitative estimate of drug-likeness (QED) is 0.594. The molecule has 2 heterocycles. The van der Waals surface area contributed by atoms with Gasteiger partial charge in [0.2, 0.25) is 5.91 Å². The fourth-order valence-corrected chi connectivity index (χ4v) is 3.26. The van der Waals surface area contributed by atoms with E-state index in [1.807, 2.05) is 37.3 Å². The molecule has 1 saturated heterocycles. The highest BCUT2D eigenvalue weighted by atomic mass is 35.5. The number of aromatic nitrogens is 1. The summed E-state index contributed by atoms with van der Waals surface area (Å²) in [6.07, 6.45) is 1.57. The van der Waals surface area contributed by atoms with Crippen LogP contribution in [-0.2, 0) is 19.1 Å². The summed E-state index contributed by atoms with van der Waals surface area (Å²) in [5, 5.41) is 2.67. The van der Waals surface area contributed by atoms with Crippen LogP contribution in [0, 0.1) is 5.92 Å². The Morgan fingerprint density at radius 2 is 2.04 bits per heavy atom. The molecule has 0 spiro atoms. The summed E-state index contributed by atoms with van der Waals surface area (Å²) in [6, 6.07) is 12.7. The maximum absolute atomic E-state index is 12.3. The van der Waals surface area contributed by atoms with Gasteiger partial charge in [0, 0.05) is 19.2 Å². The summed E-state index contributed by atoms with van der Waals surface area (Å²) >= 11 is 5.87. The van der Waals surface area contributed by atoms with Gasteiger partial charge in [0.05, 0.1) is 17.6 Å². The molecule has 28 heavy (non-hydrogen) atoms. The number of hydrogen-bond acceptors (Lipinski definition) is 5. The van der Waals surface area contributed by atoms with Gasteiger partial charge in [-0.25, -0.2) is 4.98 Å². The van der Waals surface area contributed by atoms with E-state index in [-0.39, 0.29) is 30.1 Å². The lowest BCUT2D eigenvalue weighted by atomic mass is 10.1. The van der Waals surface area contributed by atoms with Crippen molar-refractivity contribution in [1.82, 2.24) is 9.88 Å². The predicted octanol–water partition coefficient (Wildman–Crippen LogP) is 2.83. The molecule has 1 fully saturated rings. The normalized spacial score (nSPS) is 17.3. The molecule has 2 amide bonds. The van der Waals surface area contributed by atoms with Crippen molar-refractivity contribution in [3.8, 4) is 0 Å². The maximum Gasteiger partial charge on any atom is 0.311 e. The lowest BCUT2D eigenvalue weighted by Gasteiger charge is -2.25. The zero-order valence-corrected chi connectivity index (χ0v) is 16.1. The van der Waals surface area contributed by atoms with Crippen molar-refractivity contribution in [2.45, 2.75) is 19.4 Å². The van der Waals surface area contributed by atoms with Crippen LogP contribution in [0.4, 0.5) is 5.69 Å². The molecule has 146 valence electrons. The molecule has 8 heteroatoms. The minimum absolute atomic E-state index is 0.0755. The highest BCUT2D eigenvalue weighted by Crippen LogP contribution is 2.29. The zero-order valence-electron chi connectivity index (χ0n) is 15.3. The number of hydrogen-bond donors (Lipinski definition) is 1. The summed E-state index contributed by atoms with van der Waals surface area (Å²) in [5.74, 6) is -1.79. The van der Waals surface area contributed by atoms with Crippen molar-refractivity contribution >= 4 is 35.1 Å². The van der Waals surface area contributed by atoms with Crippen molar-refractivity contribution in [2.75, 3.05) is 18.5 Å². The fraction of sp³-hybridized carbons (Fsp3) is 0.300. The Bertz CT molecular complexity index is 875. The molecule has 0 aliphatic carbocycles. The fourth-order valence-electron chi connectivity index (χ4n) is 3.10. The number of anilines is 1. The average Bonchev–Trinajstić information content (AvgIpc) is 3.10. The van der Waals surface area contributed by atoms with Crippen LogP contribution in [0.5, 0.6) is 0 Å². The molecule has 0 radical (unpaired) electrons. The number of esters is 1. The Labute approximate surface area is 167 Å². The van der Waals surface area contributed by atoms with Gasteiger partial charge in [0.1, 0.15) is 0 Å². The number of carbonyl (C=O) groups excluding carboxylic acids is 3. The molecular weight excluding hydrogens is 382 g/mol. The van der Waals surface area contributed by atoms with Crippen LogP contribution in [0.15, 0.2) is 48.7 Å². The highest BCUT2D eigenvalue weighted by Gasteiger charge is 2.38. The number of halogens is 1. The van der Waals surface area contributed by atoms with Gasteiger partial charge in [-0.1, -0.05) is 41.9 Å². The standard InChI is InChI=1S/C20H20ClN3O4/c1-13(14-6-3-2-4-7-14)24-11-15(10-18(24)26)20(27)28-12-17(25)23-16-8-5-9-22-19(16)21/h2-9,13,15H,10-12H2,1H3,(H,23,25)/t13-,15+/m1/s1. The smallest absolute Gasteiger partial charge is 0.311 e. The van der Waals surface area contributed by atoms with Crippen LogP contribution in [0.2, 0.25) is 5.15 Å². The monoisotopic (exact) mass is 401 g/mol. The van der Waals surface area contributed by atoms with Gasteiger partial charge in [0.15, 0.2) is 11.8 Å². The van der Waals surface area contributed by atoms with Crippen LogP contribution >= 0.6 is 11.6 Å². The van der Waals surface area contributed by atoms with Crippen LogP contribution in [0.3, 0.4) is 0 Å². The Kier molecular flexibility index (Phi) is 6.26. The number of benzene rings is 1. The third-order valence-electron chi connectivity index (χ3n) is 4.62. The first kappa shape index (κ1) is 19.8. The Hall–Kier alpha value is -2.93. The largest absolute Gasteiger partial charge is 0.455 e. The minimum Gasteiger partial charge on any atom is -0.455 e. The lowest BCUT2D eigenvalue weighted by Crippen LogP contribution is -2.30. The van der Waals surface area contributed by atoms with E-state index in [0.29, 0.717) is 5.69 Å². The van der Waals surface area contributed by atoms with Crippen molar-refractivity contribution in [1.29, 1.82) is 0 Å². The summed E-state index contributed by atoms with van der Waals surface area (Å²) in [4.78, 5) is 42.1. The van der Waals surface area contributed by atoms with Gasteiger partial charge < -0.3 is 15.0 Å². The van der Waals surface area contributed by atoms with Gasteiger partial charge in [-0.3, -0.25) is 14.4 Å². The number of rotatable bonds is 6. The van der Waals surface area contributed by atoms with E-state index in [1.165, 1.54) is 6.20 Å². The first-order valence-electron chi connectivity index (χ1n) is 8.87. The number of ether oxygens (including phenoxy) is 1. The number of nitrogens with one attached hydrogen (secondary N) is 1. The molecule has 1 aromatic heterocycles. The Morgan fingerprint density at radius 3 is 2.75 bits per heavy atom. The van der Waals surface area contributed by atoms with E-state index in [2.05, 4.69) is 10.3 Å². The lowest BCUT2D eigenvalue weighted by molar-refractivity contribution is -0.151. The summed E-state index contributed by atoms with van der Waals surface area (Å²) in [6.45, 7) is 1.73. The van der Waals surface area contributed by atoms with Crippen molar-refractivity contribution in [3.05, 3.63) is 59.4 Å². The molecule has 1 aromatic carbocycles. The van der Waals surface area contributed by atoms with Crippen molar-refractivity contribution in [2.24, 2.45) is 5.92 Å². The van der Waals surface area contributed by atoms with Gasteiger partial charge in [-0.15, -0.1) is 0 Å². The Morgan fingerprint density at radius 1 is 1.29 bits per heavy atom. The minimum atomic E-state index is -0.589. The van der Waals surface area contributed by atoms with Crippen LogP contribution in [0.1, 0.15) is 24.9 Å². The topological polar surface area (TPSA) is 88.6 Å². The van der Waals surface area contributed by atoms with Crippen LogP contribution in [0.25, 0.3) is 0 Å². The van der Waals surface area contributed by atoms with Crippen molar-refractivity contribution in [3.63, 3.8) is 0 Å². The summed E-state index contributed by atoms with van der Waals surface area (Å²) < 4.78 is 5.09. The van der Waals surface area contributed by atoms with E-state index in [1.54, 1.807) is 17.0 Å². The second-order valence-corrected chi connectivity index (χ2v) is 6.89. The molecule has 1 N–H and O–H groups in total. The Balaban J connectivity index is 1.52. The molecule has 0 saturated carbocycles. The molecular formula is C20H20ClN3O4. The van der Waals surface area contributed by atoms with E-state index < -0.39 is 24.4 Å². The molecule has 2 atom stereocenters. The van der Waals surface area contributed by atoms with Crippen molar-refractivity contribution < 1.29 is 19.1 Å².